The Morgan fingerprint density at radius 3 is 2.35 bits per heavy atom. The standard InChI is InChI=1S/C18H25NO4/c1-18(2,15-10-8-14(9-11-15)16(20)21)17(22)19-23-12-13-6-4-3-5-7-13/h3-7,14-15H,8-12H2,1-2H3,(H,19,22)(H,20,21). The van der Waals surface area contributed by atoms with Crippen molar-refractivity contribution in [3.8, 4) is 0 Å². The lowest BCUT2D eigenvalue weighted by atomic mass is 9.68. The first-order valence-electron chi connectivity index (χ1n) is 8.10. The number of aliphatic carboxylic acids is 1. The van der Waals surface area contributed by atoms with E-state index in [9.17, 15) is 9.59 Å². The lowest BCUT2D eigenvalue weighted by Gasteiger charge is -2.37. The number of carboxylic acid groups (broad SMARTS) is 1. The predicted octanol–water partition coefficient (Wildman–Crippen LogP) is 3.15. The number of carboxylic acids is 1. The van der Waals surface area contributed by atoms with Gasteiger partial charge in [-0.25, -0.2) is 5.48 Å². The number of hydrogen-bond acceptors (Lipinski definition) is 3. The van der Waals surface area contributed by atoms with Gasteiger partial charge in [0.05, 0.1) is 12.5 Å². The van der Waals surface area contributed by atoms with E-state index in [-0.39, 0.29) is 17.7 Å². The molecule has 126 valence electrons. The zero-order valence-electron chi connectivity index (χ0n) is 13.7. The molecule has 1 fully saturated rings. The summed E-state index contributed by atoms with van der Waals surface area (Å²) in [6.07, 6.45) is 2.80. The van der Waals surface area contributed by atoms with Gasteiger partial charge in [-0.15, -0.1) is 0 Å². The third-order valence-electron chi connectivity index (χ3n) is 4.93. The zero-order valence-corrected chi connectivity index (χ0v) is 13.7. The van der Waals surface area contributed by atoms with Gasteiger partial charge in [-0.1, -0.05) is 44.2 Å². The molecule has 0 radical (unpaired) electrons. The molecular weight excluding hydrogens is 294 g/mol. The van der Waals surface area contributed by atoms with Gasteiger partial charge in [-0.2, -0.15) is 0 Å². The van der Waals surface area contributed by atoms with Crippen molar-refractivity contribution in [2.75, 3.05) is 0 Å². The fourth-order valence-electron chi connectivity index (χ4n) is 3.14. The number of nitrogens with one attached hydrogen (secondary N) is 1. The number of amides is 1. The Labute approximate surface area is 137 Å². The van der Waals surface area contributed by atoms with Crippen molar-refractivity contribution < 1.29 is 19.5 Å². The number of rotatable bonds is 6. The van der Waals surface area contributed by atoms with Gasteiger partial charge in [-0.3, -0.25) is 14.4 Å². The van der Waals surface area contributed by atoms with Gasteiger partial charge in [0.25, 0.3) is 0 Å². The van der Waals surface area contributed by atoms with Crippen LogP contribution >= 0.6 is 0 Å². The van der Waals surface area contributed by atoms with E-state index >= 15 is 0 Å². The highest BCUT2D eigenvalue weighted by Gasteiger charge is 2.40. The van der Waals surface area contributed by atoms with Crippen LogP contribution in [-0.2, 0) is 21.0 Å². The summed E-state index contributed by atoms with van der Waals surface area (Å²) < 4.78 is 0. The highest BCUT2D eigenvalue weighted by atomic mass is 16.6. The minimum absolute atomic E-state index is 0.146. The first-order valence-corrected chi connectivity index (χ1v) is 8.10. The van der Waals surface area contributed by atoms with Crippen molar-refractivity contribution in [2.45, 2.75) is 46.1 Å². The van der Waals surface area contributed by atoms with Gasteiger partial charge >= 0.3 is 5.97 Å². The molecule has 1 aliphatic rings. The molecule has 1 aromatic carbocycles. The summed E-state index contributed by atoms with van der Waals surface area (Å²) >= 11 is 0. The summed E-state index contributed by atoms with van der Waals surface area (Å²) in [5.74, 6) is -0.957. The maximum Gasteiger partial charge on any atom is 0.306 e. The summed E-state index contributed by atoms with van der Waals surface area (Å²) in [5, 5.41) is 9.06. The van der Waals surface area contributed by atoms with Crippen molar-refractivity contribution in [1.82, 2.24) is 5.48 Å². The van der Waals surface area contributed by atoms with E-state index < -0.39 is 11.4 Å². The van der Waals surface area contributed by atoms with E-state index in [4.69, 9.17) is 9.94 Å². The number of carbonyl (C=O) groups is 2. The molecule has 1 saturated carbocycles. The van der Waals surface area contributed by atoms with Crippen LogP contribution in [-0.4, -0.2) is 17.0 Å². The molecule has 5 heteroatoms. The van der Waals surface area contributed by atoms with Gasteiger partial charge in [-0.05, 0) is 37.2 Å². The lowest BCUT2D eigenvalue weighted by molar-refractivity contribution is -0.148. The monoisotopic (exact) mass is 319 g/mol. The molecule has 0 atom stereocenters. The second kappa shape index (κ2) is 7.59. The molecule has 1 amide bonds. The predicted molar refractivity (Wildman–Crippen MR) is 86.2 cm³/mol. The smallest absolute Gasteiger partial charge is 0.306 e. The quantitative estimate of drug-likeness (QED) is 0.790. The van der Waals surface area contributed by atoms with Gasteiger partial charge in [0, 0.05) is 5.41 Å². The van der Waals surface area contributed by atoms with Gasteiger partial charge in [0.1, 0.15) is 0 Å². The van der Waals surface area contributed by atoms with Crippen molar-refractivity contribution in [2.24, 2.45) is 17.3 Å². The summed E-state index contributed by atoms with van der Waals surface area (Å²) in [7, 11) is 0. The van der Waals surface area contributed by atoms with Crippen LogP contribution in [0.25, 0.3) is 0 Å². The molecule has 2 rings (SSSR count). The van der Waals surface area contributed by atoms with Crippen molar-refractivity contribution in [3.05, 3.63) is 35.9 Å². The van der Waals surface area contributed by atoms with Crippen LogP contribution in [0.3, 0.4) is 0 Å². The largest absolute Gasteiger partial charge is 0.481 e. The molecular formula is C18H25NO4. The van der Waals surface area contributed by atoms with E-state index in [1.54, 1.807) is 0 Å². The Morgan fingerprint density at radius 1 is 1.17 bits per heavy atom. The molecule has 0 unspecified atom stereocenters. The van der Waals surface area contributed by atoms with Crippen LogP contribution in [0.4, 0.5) is 0 Å². The minimum atomic E-state index is -0.725. The molecule has 0 aromatic heterocycles. The van der Waals surface area contributed by atoms with Crippen molar-refractivity contribution in [1.29, 1.82) is 0 Å². The number of benzene rings is 1. The minimum Gasteiger partial charge on any atom is -0.481 e. The topological polar surface area (TPSA) is 75.6 Å². The molecule has 0 bridgehead atoms. The molecule has 1 aromatic rings. The zero-order chi connectivity index (χ0) is 16.9. The summed E-state index contributed by atoms with van der Waals surface area (Å²) in [4.78, 5) is 28.8. The molecule has 23 heavy (non-hydrogen) atoms. The van der Waals surface area contributed by atoms with E-state index in [0.717, 1.165) is 18.4 Å². The maximum absolute atomic E-state index is 12.4. The van der Waals surface area contributed by atoms with E-state index in [1.165, 1.54) is 0 Å². The van der Waals surface area contributed by atoms with Crippen LogP contribution in [0, 0.1) is 17.3 Å². The first-order chi connectivity index (χ1) is 10.9. The first kappa shape index (κ1) is 17.5. The summed E-state index contributed by atoms with van der Waals surface area (Å²) in [6, 6.07) is 9.64. The van der Waals surface area contributed by atoms with Gasteiger partial charge in [0.15, 0.2) is 0 Å². The second-order valence-corrected chi connectivity index (χ2v) is 6.81. The van der Waals surface area contributed by atoms with Gasteiger partial charge in [0.2, 0.25) is 5.91 Å². The summed E-state index contributed by atoms with van der Waals surface area (Å²) in [5.41, 5.74) is 2.97. The van der Waals surface area contributed by atoms with Crippen molar-refractivity contribution in [3.63, 3.8) is 0 Å². The lowest BCUT2D eigenvalue weighted by Crippen LogP contribution is -2.43. The average Bonchev–Trinajstić information content (AvgIpc) is 2.55. The third-order valence-corrected chi connectivity index (χ3v) is 4.93. The Kier molecular flexibility index (Phi) is 5.77. The average molecular weight is 319 g/mol. The van der Waals surface area contributed by atoms with E-state index in [2.05, 4.69) is 5.48 Å². The summed E-state index contributed by atoms with van der Waals surface area (Å²) in [6.45, 7) is 4.13. The van der Waals surface area contributed by atoms with Gasteiger partial charge < -0.3 is 5.11 Å². The normalized spacial score (nSPS) is 21.7. The Hall–Kier alpha value is -1.88. The molecule has 0 aliphatic heterocycles. The van der Waals surface area contributed by atoms with Crippen LogP contribution in [0.2, 0.25) is 0 Å². The second-order valence-electron chi connectivity index (χ2n) is 6.81. The van der Waals surface area contributed by atoms with Crippen LogP contribution in [0.15, 0.2) is 30.3 Å². The van der Waals surface area contributed by atoms with Crippen LogP contribution in [0.1, 0.15) is 45.1 Å². The van der Waals surface area contributed by atoms with E-state index in [1.807, 2.05) is 44.2 Å². The molecule has 0 saturated heterocycles. The third kappa shape index (κ3) is 4.55. The molecule has 0 spiro atoms. The van der Waals surface area contributed by atoms with Crippen LogP contribution < -0.4 is 5.48 Å². The Balaban J connectivity index is 1.82. The Bertz CT molecular complexity index is 533. The number of hydroxylamine groups is 1. The number of carbonyl (C=O) groups excluding carboxylic acids is 1. The Morgan fingerprint density at radius 2 is 1.78 bits per heavy atom. The molecule has 1 aliphatic carbocycles. The molecule has 2 N–H and O–H groups in total. The SMILES string of the molecule is CC(C)(C(=O)NOCc1ccccc1)C1CCC(C(=O)O)CC1. The molecule has 5 nitrogen and oxygen atoms in total. The fraction of sp³-hybridized carbons (Fsp3) is 0.556. The highest BCUT2D eigenvalue weighted by molar-refractivity contribution is 5.81. The highest BCUT2D eigenvalue weighted by Crippen LogP contribution is 2.40. The van der Waals surface area contributed by atoms with Crippen molar-refractivity contribution >= 4 is 11.9 Å². The van der Waals surface area contributed by atoms with E-state index in [0.29, 0.717) is 19.4 Å². The molecule has 0 heterocycles. The fourth-order valence-corrected chi connectivity index (χ4v) is 3.14. The number of hydrogen-bond donors (Lipinski definition) is 2. The van der Waals surface area contributed by atoms with Crippen LogP contribution in [0.5, 0.6) is 0 Å². The maximum atomic E-state index is 12.4.